The smallest absolute Gasteiger partial charge is 0.136 e. The maximum Gasteiger partial charge on any atom is 0.136 e. The van der Waals surface area contributed by atoms with Gasteiger partial charge in [-0.1, -0.05) is 84.4 Å². The van der Waals surface area contributed by atoms with Crippen molar-refractivity contribution < 1.29 is 31.4 Å². The van der Waals surface area contributed by atoms with Crippen LogP contribution < -0.4 is 9.80 Å². The van der Waals surface area contributed by atoms with E-state index in [9.17, 15) is 13.7 Å². The van der Waals surface area contributed by atoms with E-state index in [1.165, 1.54) is 12.1 Å². The fourth-order valence-electron chi connectivity index (χ4n) is 9.73. The van der Waals surface area contributed by atoms with Crippen molar-refractivity contribution in [1.29, 1.82) is 0 Å². The maximum atomic E-state index is 9.85. The Labute approximate surface area is 408 Å². The van der Waals surface area contributed by atoms with Crippen LogP contribution >= 0.6 is 0 Å². The molecule has 0 saturated carbocycles. The van der Waals surface area contributed by atoms with Gasteiger partial charge in [0, 0.05) is 77.2 Å². The summed E-state index contributed by atoms with van der Waals surface area (Å²) in [6.07, 6.45) is 0. The van der Waals surface area contributed by atoms with E-state index in [0.29, 0.717) is 33.9 Å². The summed E-state index contributed by atoms with van der Waals surface area (Å²) in [7, 11) is 0. The Balaban J connectivity index is 0.932. The van der Waals surface area contributed by atoms with Crippen LogP contribution in [0.4, 0.5) is 34.1 Å². The Morgan fingerprint density at radius 2 is 0.696 bits per heavy atom. The van der Waals surface area contributed by atoms with E-state index in [1.807, 2.05) is 156 Å². The van der Waals surface area contributed by atoms with Gasteiger partial charge in [0.2, 0.25) is 0 Å². The van der Waals surface area contributed by atoms with E-state index in [0.717, 1.165) is 38.3 Å². The van der Waals surface area contributed by atoms with Gasteiger partial charge in [0.15, 0.2) is 0 Å². The number of fused-ring (bicyclic) bond motifs is 14. The molecule has 0 spiro atoms. The summed E-state index contributed by atoms with van der Waals surface area (Å²) >= 11 is 0. The van der Waals surface area contributed by atoms with Crippen LogP contribution in [0.1, 0.15) is 19.3 Å². The van der Waals surface area contributed by atoms with E-state index in [2.05, 4.69) is 0 Å². The van der Waals surface area contributed by atoms with Gasteiger partial charge >= 0.3 is 0 Å². The summed E-state index contributed by atoms with van der Waals surface area (Å²) in [5, 5.41) is 3.23. The molecule has 0 N–H and O–H groups in total. The zero-order chi connectivity index (χ0) is 54.0. The molecule has 4 aromatic heterocycles. The van der Waals surface area contributed by atoms with Gasteiger partial charge in [0.1, 0.15) is 44.7 Å². The van der Waals surface area contributed by atoms with Crippen LogP contribution in [0.5, 0.6) is 0 Å². The summed E-state index contributed by atoms with van der Waals surface area (Å²) in [4.78, 5) is 3.67. The van der Waals surface area contributed by atoms with E-state index in [-0.39, 0.29) is 137 Å². The molecular weight excluding hydrogens is 849 g/mol. The normalized spacial score (nSPS) is 14.2. The molecule has 324 valence electrons. The van der Waals surface area contributed by atoms with Crippen molar-refractivity contribution in [3.05, 3.63) is 218 Å². The molecule has 15 aromatic rings. The number of furan rings is 4. The van der Waals surface area contributed by atoms with Crippen molar-refractivity contribution in [2.45, 2.75) is 6.92 Å². The Morgan fingerprint density at radius 1 is 0.290 bits per heavy atom. The second kappa shape index (κ2) is 14.4. The van der Waals surface area contributed by atoms with Crippen LogP contribution in [0.2, 0.25) is 0 Å². The fourth-order valence-corrected chi connectivity index (χ4v) is 9.73. The van der Waals surface area contributed by atoms with E-state index in [4.69, 9.17) is 17.7 Å². The molecule has 0 radical (unpaired) electrons. The lowest BCUT2D eigenvalue weighted by Gasteiger charge is -2.26. The van der Waals surface area contributed by atoms with Gasteiger partial charge in [0.05, 0.1) is 13.7 Å². The zero-order valence-corrected chi connectivity index (χ0v) is 36.5. The van der Waals surface area contributed by atoms with Gasteiger partial charge in [-0.2, -0.15) is 0 Å². The minimum Gasteiger partial charge on any atom is -0.456 e. The van der Waals surface area contributed by atoms with Gasteiger partial charge in [0.25, 0.3) is 0 Å². The Morgan fingerprint density at radius 3 is 1.22 bits per heavy atom. The first-order chi connectivity index (χ1) is 38.3. The summed E-state index contributed by atoms with van der Waals surface area (Å²) in [5.74, 6) is 0. The minimum atomic E-state index is -0.344. The van der Waals surface area contributed by atoms with Crippen molar-refractivity contribution in [2.75, 3.05) is 9.80 Å². The molecule has 0 atom stereocenters. The first kappa shape index (κ1) is 29.4. The van der Waals surface area contributed by atoms with Crippen LogP contribution in [0.15, 0.2) is 230 Å². The molecule has 6 heteroatoms. The fraction of sp³-hybridized carbons (Fsp3) is 0.0159. The number of para-hydroxylation sites is 3. The van der Waals surface area contributed by atoms with Crippen LogP contribution in [0.25, 0.3) is 109 Å². The molecule has 4 heterocycles. The average Bonchev–Trinajstić information content (AvgIpc) is 3.00. The maximum absolute atomic E-state index is 9.85. The Hall–Kier alpha value is -9.26. The Bertz CT molecular complexity index is 5180. The van der Waals surface area contributed by atoms with Crippen molar-refractivity contribution in [1.82, 2.24) is 0 Å². The number of nitrogens with zero attached hydrogens (tertiary/aromatic N) is 2. The zero-order valence-electron chi connectivity index (χ0n) is 46.5. The predicted octanol–water partition coefficient (Wildman–Crippen LogP) is 18.8. The van der Waals surface area contributed by atoms with E-state index in [1.54, 1.807) is 0 Å². The number of aryl methyl sites for hydroxylation is 1. The number of rotatable bonds is 6. The molecule has 0 aliphatic heterocycles. The number of anilines is 6. The van der Waals surface area contributed by atoms with Crippen molar-refractivity contribution in [3.8, 4) is 0 Å². The van der Waals surface area contributed by atoms with Crippen molar-refractivity contribution in [3.63, 3.8) is 0 Å². The summed E-state index contributed by atoms with van der Waals surface area (Å²) in [6.45, 7) is 1.97. The molecule has 0 unspecified atom stereocenters. The molecule has 0 aliphatic rings. The first-order valence-corrected chi connectivity index (χ1v) is 22.5. The third-order valence-corrected chi connectivity index (χ3v) is 13.0. The van der Waals surface area contributed by atoms with Gasteiger partial charge in [-0.05, 0) is 162 Å². The Kier molecular flexibility index (Phi) is 6.12. The molecule has 11 aromatic carbocycles. The highest BCUT2D eigenvalue weighted by Gasteiger charge is 2.20. The monoisotopic (exact) mass is 896 g/mol. The van der Waals surface area contributed by atoms with Crippen LogP contribution in [-0.2, 0) is 0 Å². The summed E-state index contributed by atoms with van der Waals surface area (Å²) in [5.41, 5.74) is 6.25. The van der Waals surface area contributed by atoms with Gasteiger partial charge in [-0.3, -0.25) is 0 Å². The average molecular weight is 897 g/mol. The van der Waals surface area contributed by atoms with E-state index >= 15 is 0 Å². The quantitative estimate of drug-likeness (QED) is 0.166. The molecule has 15 rings (SSSR count). The molecule has 0 aliphatic carbocycles. The highest BCUT2D eigenvalue weighted by molar-refractivity contribution is 6.18. The molecule has 6 nitrogen and oxygen atoms in total. The molecule has 0 fully saturated rings. The number of hydrogen-bond donors (Lipinski definition) is 0. The second-order valence-electron chi connectivity index (χ2n) is 17.3. The van der Waals surface area contributed by atoms with Crippen LogP contribution in [-0.4, -0.2) is 0 Å². The summed E-state index contributed by atoms with van der Waals surface area (Å²) < 4.78 is 122. The topological polar surface area (TPSA) is 59.0 Å². The van der Waals surface area contributed by atoms with Crippen molar-refractivity contribution >= 4 is 143 Å². The SMILES string of the molecule is [2H]c1cc(N(c2ccccc2)c2ccc3oc4ccccc4c3c2)c([2H])c2c([2H])c3oc4c([2H])c5c(oc6c([2H])c7c([2H])c(N(c8ccc(C)cc8)c8ccc9oc%10ccccc%10c9c8)cc([2H])c7c([2H])c65)c([2H])c4c3c([2H])c12. The van der Waals surface area contributed by atoms with Crippen LogP contribution in [0, 0.1) is 6.92 Å². The number of benzene rings is 11. The molecule has 0 saturated heterocycles. The molecular formula is C63H38N2O4. The minimum absolute atomic E-state index is 0.0257. The van der Waals surface area contributed by atoms with Gasteiger partial charge < -0.3 is 27.5 Å². The number of hydrogen-bond acceptors (Lipinski definition) is 6. The lowest BCUT2D eigenvalue weighted by molar-refractivity contribution is 0.664. The lowest BCUT2D eigenvalue weighted by atomic mass is 10.0. The highest BCUT2D eigenvalue weighted by atomic mass is 16.3. The highest BCUT2D eigenvalue weighted by Crippen LogP contribution is 2.44. The van der Waals surface area contributed by atoms with Crippen molar-refractivity contribution in [2.24, 2.45) is 0 Å². The first-order valence-electron chi connectivity index (χ1n) is 27.5. The molecule has 69 heavy (non-hydrogen) atoms. The van der Waals surface area contributed by atoms with Gasteiger partial charge in [-0.15, -0.1) is 0 Å². The van der Waals surface area contributed by atoms with Gasteiger partial charge in [-0.25, -0.2) is 0 Å². The lowest BCUT2D eigenvalue weighted by Crippen LogP contribution is -2.09. The molecule has 0 bridgehead atoms. The predicted molar refractivity (Wildman–Crippen MR) is 285 cm³/mol. The second-order valence-corrected chi connectivity index (χ2v) is 17.3. The van der Waals surface area contributed by atoms with Crippen LogP contribution in [0.3, 0.4) is 0 Å². The summed E-state index contributed by atoms with van der Waals surface area (Å²) in [6, 6.07) is 44.4. The molecule has 0 amide bonds. The van der Waals surface area contributed by atoms with E-state index < -0.39 is 0 Å². The third-order valence-electron chi connectivity index (χ3n) is 13.0. The third kappa shape index (κ3) is 5.92. The standard InChI is InChI=1S/C63H38N2O4/c1-37-15-19-43(20-16-37)65(47-24-26-59-53(34-47)49-12-6-8-14-57(49)67-59)45-22-18-39-30-51-55-36-62-54(35-63(55)69-61(51)32-41(39)28-45)50-29-38-17-21-44(27-40(38)31-60(50)68-62)64(42-9-3-2-4-10-42)46-23-25-58-52(33-46)48-11-5-7-13-56(48)66-58/h2-36H,1H3/i17D,18D,27D,28D,29D,30D,31D,32D,35D,36D. The largest absolute Gasteiger partial charge is 0.456 e.